The van der Waals surface area contributed by atoms with Crippen molar-refractivity contribution in [1.82, 2.24) is 15.1 Å². The van der Waals surface area contributed by atoms with Crippen LogP contribution in [0.3, 0.4) is 0 Å². The Bertz CT molecular complexity index is 902. The first kappa shape index (κ1) is 17.2. The molecule has 0 fully saturated rings. The summed E-state index contributed by atoms with van der Waals surface area (Å²) in [6.07, 6.45) is 0. The van der Waals surface area contributed by atoms with Crippen molar-refractivity contribution >= 4 is 17.5 Å². The molecule has 0 saturated carbocycles. The number of carbonyl (C=O) groups excluding carboxylic acids is 1. The normalized spacial score (nSPS) is 10.7. The molecule has 3 rings (SSSR count). The lowest BCUT2D eigenvalue weighted by Gasteiger charge is -2.09. The average Bonchev–Trinajstić information content (AvgIpc) is 2.88. The Kier molecular flexibility index (Phi) is 4.86. The van der Waals surface area contributed by atoms with Crippen LogP contribution in [0.2, 0.25) is 5.02 Å². The van der Waals surface area contributed by atoms with Crippen LogP contribution in [0.5, 0.6) is 0 Å². The molecule has 0 radical (unpaired) electrons. The number of nitrogens with zero attached hydrogens (tertiary/aromatic N) is 2. The summed E-state index contributed by atoms with van der Waals surface area (Å²) in [4.78, 5) is 12.3. The van der Waals surface area contributed by atoms with Crippen LogP contribution < -0.4 is 5.32 Å². The van der Waals surface area contributed by atoms with E-state index in [1.807, 2.05) is 48.9 Å². The number of hydrogen-bond acceptors (Lipinski definition) is 2. The molecule has 1 aromatic heterocycles. The van der Waals surface area contributed by atoms with Crippen LogP contribution in [-0.4, -0.2) is 15.7 Å². The van der Waals surface area contributed by atoms with Crippen molar-refractivity contribution in [1.29, 1.82) is 0 Å². The van der Waals surface area contributed by atoms with Crippen LogP contribution in [0.15, 0.2) is 48.5 Å². The van der Waals surface area contributed by atoms with Gasteiger partial charge in [-0.25, -0.2) is 9.07 Å². The lowest BCUT2D eigenvalue weighted by atomic mass is 10.1. The maximum atomic E-state index is 13.8. The molecule has 0 aliphatic carbocycles. The van der Waals surface area contributed by atoms with Gasteiger partial charge in [0, 0.05) is 17.8 Å². The molecule has 0 spiro atoms. The highest BCUT2D eigenvalue weighted by Crippen LogP contribution is 2.20. The highest BCUT2D eigenvalue weighted by Gasteiger charge is 2.18. The van der Waals surface area contributed by atoms with E-state index in [-0.39, 0.29) is 17.1 Å². The van der Waals surface area contributed by atoms with Crippen molar-refractivity contribution in [3.8, 4) is 5.69 Å². The summed E-state index contributed by atoms with van der Waals surface area (Å²) in [6.45, 7) is 4.06. The predicted molar refractivity (Wildman–Crippen MR) is 95.6 cm³/mol. The highest BCUT2D eigenvalue weighted by molar-refractivity contribution is 6.33. The fraction of sp³-hybridized carbons (Fsp3) is 0.158. The van der Waals surface area contributed by atoms with Crippen LogP contribution in [0.4, 0.5) is 4.39 Å². The third-order valence-corrected chi connectivity index (χ3v) is 4.37. The smallest absolute Gasteiger partial charge is 0.256 e. The monoisotopic (exact) mass is 357 g/mol. The summed E-state index contributed by atoms with van der Waals surface area (Å²) in [5.41, 5.74) is 3.42. The quantitative estimate of drug-likeness (QED) is 0.760. The largest absolute Gasteiger partial charge is 0.348 e. The van der Waals surface area contributed by atoms with E-state index < -0.39 is 11.7 Å². The number of nitrogens with one attached hydrogen (secondary N) is 1. The number of carbonyl (C=O) groups is 1. The molecule has 1 amide bonds. The molecule has 2 aromatic carbocycles. The zero-order valence-electron chi connectivity index (χ0n) is 13.9. The fourth-order valence-corrected chi connectivity index (χ4v) is 2.97. The molecule has 0 aliphatic rings. The third-order valence-electron chi connectivity index (χ3n) is 4.06. The highest BCUT2D eigenvalue weighted by atomic mass is 35.5. The molecule has 3 aromatic rings. The number of aryl methyl sites for hydroxylation is 1. The van der Waals surface area contributed by atoms with Gasteiger partial charge in [0.05, 0.1) is 22.0 Å². The molecule has 0 unspecified atom stereocenters. The van der Waals surface area contributed by atoms with Gasteiger partial charge >= 0.3 is 0 Å². The first-order chi connectivity index (χ1) is 12.0. The maximum Gasteiger partial charge on any atom is 0.256 e. The van der Waals surface area contributed by atoms with E-state index in [0.29, 0.717) is 0 Å². The molecule has 0 atom stereocenters. The number of para-hydroxylation sites is 1. The van der Waals surface area contributed by atoms with Gasteiger partial charge in [0.15, 0.2) is 0 Å². The van der Waals surface area contributed by atoms with E-state index in [2.05, 4.69) is 10.4 Å². The van der Waals surface area contributed by atoms with Crippen molar-refractivity contribution in [2.45, 2.75) is 20.4 Å². The zero-order chi connectivity index (χ0) is 18.0. The Labute approximate surface area is 150 Å². The first-order valence-corrected chi connectivity index (χ1v) is 8.19. The van der Waals surface area contributed by atoms with Crippen LogP contribution in [-0.2, 0) is 6.54 Å². The first-order valence-electron chi connectivity index (χ1n) is 7.81. The molecule has 0 aliphatic heterocycles. The van der Waals surface area contributed by atoms with E-state index >= 15 is 0 Å². The number of amides is 1. The van der Waals surface area contributed by atoms with Gasteiger partial charge in [-0.2, -0.15) is 5.10 Å². The Morgan fingerprint density at radius 3 is 2.56 bits per heavy atom. The molecule has 128 valence electrons. The van der Waals surface area contributed by atoms with Crippen LogP contribution in [0.1, 0.15) is 27.3 Å². The van der Waals surface area contributed by atoms with Gasteiger partial charge in [0.1, 0.15) is 5.82 Å². The SMILES string of the molecule is Cc1nn(-c2ccccc2)c(C)c1CNC(=O)c1c(F)cccc1Cl. The molecule has 25 heavy (non-hydrogen) atoms. The van der Waals surface area contributed by atoms with Crippen LogP contribution >= 0.6 is 11.6 Å². The summed E-state index contributed by atoms with van der Waals surface area (Å²) in [5.74, 6) is -1.19. The van der Waals surface area contributed by atoms with Gasteiger partial charge in [0.2, 0.25) is 0 Å². The Balaban J connectivity index is 1.83. The van der Waals surface area contributed by atoms with E-state index in [1.54, 1.807) is 0 Å². The van der Waals surface area contributed by atoms with Crippen molar-refractivity contribution in [3.63, 3.8) is 0 Å². The van der Waals surface area contributed by atoms with Crippen LogP contribution in [0.25, 0.3) is 5.69 Å². The summed E-state index contributed by atoms with van der Waals surface area (Å²) in [6, 6.07) is 13.9. The molecular formula is C19H17ClFN3O. The number of benzene rings is 2. The number of hydrogen-bond donors (Lipinski definition) is 1. The minimum Gasteiger partial charge on any atom is -0.348 e. The lowest BCUT2D eigenvalue weighted by molar-refractivity contribution is 0.0947. The number of aromatic nitrogens is 2. The van der Waals surface area contributed by atoms with Crippen molar-refractivity contribution < 1.29 is 9.18 Å². The topological polar surface area (TPSA) is 46.9 Å². The Hall–Kier alpha value is -2.66. The van der Waals surface area contributed by atoms with Gasteiger partial charge < -0.3 is 5.32 Å². The standard InChI is InChI=1S/C19H17ClFN3O/c1-12-15(13(2)24(23-12)14-7-4-3-5-8-14)11-22-19(25)18-16(20)9-6-10-17(18)21/h3-10H,11H2,1-2H3,(H,22,25). The van der Waals surface area contributed by atoms with E-state index in [1.165, 1.54) is 18.2 Å². The van der Waals surface area contributed by atoms with Crippen molar-refractivity contribution in [2.24, 2.45) is 0 Å². The molecule has 6 heteroatoms. The molecule has 4 nitrogen and oxygen atoms in total. The minimum absolute atomic E-state index is 0.0888. The second-order valence-corrected chi connectivity index (χ2v) is 6.08. The minimum atomic E-state index is -0.640. The van der Waals surface area contributed by atoms with E-state index in [9.17, 15) is 9.18 Å². The lowest BCUT2D eigenvalue weighted by Crippen LogP contribution is -2.24. The second kappa shape index (κ2) is 7.07. The average molecular weight is 358 g/mol. The molecule has 0 bridgehead atoms. The van der Waals surface area contributed by atoms with Gasteiger partial charge in [-0.15, -0.1) is 0 Å². The van der Waals surface area contributed by atoms with E-state index in [4.69, 9.17) is 11.6 Å². The van der Waals surface area contributed by atoms with Gasteiger partial charge in [-0.1, -0.05) is 35.9 Å². The van der Waals surface area contributed by atoms with Gasteiger partial charge in [-0.3, -0.25) is 4.79 Å². The third kappa shape index (κ3) is 3.42. The molecule has 1 N–H and O–H groups in total. The Morgan fingerprint density at radius 2 is 1.88 bits per heavy atom. The summed E-state index contributed by atoms with van der Waals surface area (Å²) in [5, 5.41) is 7.35. The predicted octanol–water partition coefficient (Wildman–Crippen LogP) is 4.21. The van der Waals surface area contributed by atoms with E-state index in [0.717, 1.165) is 22.6 Å². The Morgan fingerprint density at radius 1 is 1.16 bits per heavy atom. The summed E-state index contributed by atoms with van der Waals surface area (Å²) in [7, 11) is 0. The molecule has 0 saturated heterocycles. The van der Waals surface area contributed by atoms with Gasteiger partial charge in [0.25, 0.3) is 5.91 Å². The number of rotatable bonds is 4. The van der Waals surface area contributed by atoms with Crippen molar-refractivity contribution in [3.05, 3.63) is 81.9 Å². The molecule has 1 heterocycles. The maximum absolute atomic E-state index is 13.8. The fourth-order valence-electron chi connectivity index (χ4n) is 2.72. The summed E-state index contributed by atoms with van der Waals surface area (Å²) < 4.78 is 15.7. The van der Waals surface area contributed by atoms with Crippen molar-refractivity contribution in [2.75, 3.05) is 0 Å². The molecular weight excluding hydrogens is 341 g/mol. The number of halogens is 2. The summed E-state index contributed by atoms with van der Waals surface area (Å²) >= 11 is 5.94. The van der Waals surface area contributed by atoms with Crippen LogP contribution in [0, 0.1) is 19.7 Å². The zero-order valence-corrected chi connectivity index (χ0v) is 14.6. The van der Waals surface area contributed by atoms with Gasteiger partial charge in [-0.05, 0) is 38.1 Å². The second-order valence-electron chi connectivity index (χ2n) is 5.68.